The van der Waals surface area contributed by atoms with Crippen molar-refractivity contribution in [2.75, 3.05) is 20.6 Å². The second kappa shape index (κ2) is 9.76. The summed E-state index contributed by atoms with van der Waals surface area (Å²) in [5.41, 5.74) is 0.846. The predicted molar refractivity (Wildman–Crippen MR) is 85.3 cm³/mol. The molecule has 0 saturated heterocycles. The van der Waals surface area contributed by atoms with Gasteiger partial charge in [-0.3, -0.25) is 4.99 Å². The SMILES string of the molecule is C=CCCCN(C)C(=NC)NCc1cccc(OC(F)F)c1. The Kier molecular flexibility index (Phi) is 7.96. The molecule has 6 heteroatoms. The molecule has 0 aliphatic heterocycles. The molecule has 0 amide bonds. The molecule has 0 saturated carbocycles. The summed E-state index contributed by atoms with van der Waals surface area (Å²) in [5.74, 6) is 0.910. The highest BCUT2D eigenvalue weighted by molar-refractivity contribution is 5.79. The molecule has 1 rings (SSSR count). The largest absolute Gasteiger partial charge is 0.435 e. The van der Waals surface area contributed by atoms with E-state index >= 15 is 0 Å². The molecule has 0 bridgehead atoms. The van der Waals surface area contributed by atoms with Crippen LogP contribution in [-0.2, 0) is 6.54 Å². The van der Waals surface area contributed by atoms with Crippen molar-refractivity contribution >= 4 is 5.96 Å². The van der Waals surface area contributed by atoms with E-state index in [2.05, 4.69) is 21.6 Å². The first-order valence-electron chi connectivity index (χ1n) is 7.13. The van der Waals surface area contributed by atoms with Gasteiger partial charge in [-0.05, 0) is 30.5 Å². The molecule has 0 spiro atoms. The Balaban J connectivity index is 2.54. The van der Waals surface area contributed by atoms with Gasteiger partial charge in [0.25, 0.3) is 0 Å². The third-order valence-electron chi connectivity index (χ3n) is 3.05. The van der Waals surface area contributed by atoms with Gasteiger partial charge in [0.15, 0.2) is 5.96 Å². The maximum absolute atomic E-state index is 12.2. The second-order valence-corrected chi connectivity index (χ2v) is 4.78. The molecule has 22 heavy (non-hydrogen) atoms. The first-order valence-corrected chi connectivity index (χ1v) is 7.13. The van der Waals surface area contributed by atoms with Crippen molar-refractivity contribution in [1.82, 2.24) is 10.2 Å². The number of unbranched alkanes of at least 4 members (excludes halogenated alkanes) is 1. The van der Waals surface area contributed by atoms with Gasteiger partial charge in [0.1, 0.15) is 5.75 Å². The Labute approximate surface area is 130 Å². The molecule has 1 aromatic carbocycles. The zero-order valence-electron chi connectivity index (χ0n) is 13.1. The average Bonchev–Trinajstić information content (AvgIpc) is 2.48. The Hall–Kier alpha value is -2.11. The highest BCUT2D eigenvalue weighted by Gasteiger charge is 2.07. The Morgan fingerprint density at radius 2 is 2.27 bits per heavy atom. The molecule has 0 aromatic heterocycles. The van der Waals surface area contributed by atoms with Crippen molar-refractivity contribution in [2.24, 2.45) is 4.99 Å². The topological polar surface area (TPSA) is 36.9 Å². The van der Waals surface area contributed by atoms with Crippen LogP contribution in [0.5, 0.6) is 5.75 Å². The van der Waals surface area contributed by atoms with E-state index in [1.807, 2.05) is 24.1 Å². The molecule has 1 aromatic rings. The van der Waals surface area contributed by atoms with Gasteiger partial charge in [0.05, 0.1) is 0 Å². The van der Waals surface area contributed by atoms with E-state index in [4.69, 9.17) is 0 Å². The molecule has 1 N–H and O–H groups in total. The first-order chi connectivity index (χ1) is 10.6. The van der Waals surface area contributed by atoms with E-state index in [1.165, 1.54) is 6.07 Å². The number of guanidine groups is 1. The summed E-state index contributed by atoms with van der Waals surface area (Å²) in [6.45, 7) is 2.23. The standard InChI is InChI=1S/C16H23F2N3O/c1-4-5-6-10-21(3)16(19-2)20-12-13-8-7-9-14(11-13)22-15(17)18/h4,7-9,11,15H,1,5-6,10,12H2,2-3H3,(H,19,20). The van der Waals surface area contributed by atoms with E-state index < -0.39 is 6.61 Å². The van der Waals surface area contributed by atoms with Crippen LogP contribution in [0.1, 0.15) is 18.4 Å². The Morgan fingerprint density at radius 1 is 1.50 bits per heavy atom. The molecule has 0 radical (unpaired) electrons. The number of alkyl halides is 2. The number of aliphatic imine (C=N–C) groups is 1. The van der Waals surface area contributed by atoms with E-state index in [9.17, 15) is 8.78 Å². The lowest BCUT2D eigenvalue weighted by Gasteiger charge is -2.22. The van der Waals surface area contributed by atoms with Crippen molar-refractivity contribution < 1.29 is 13.5 Å². The molecule has 4 nitrogen and oxygen atoms in total. The quantitative estimate of drug-likeness (QED) is 0.346. The maximum atomic E-state index is 12.2. The van der Waals surface area contributed by atoms with Gasteiger partial charge in [-0.2, -0.15) is 8.78 Å². The summed E-state index contributed by atoms with van der Waals surface area (Å²) < 4.78 is 28.8. The van der Waals surface area contributed by atoms with Gasteiger partial charge in [0, 0.05) is 27.2 Å². The van der Waals surface area contributed by atoms with Crippen molar-refractivity contribution in [3.8, 4) is 5.75 Å². The predicted octanol–water partition coefficient (Wildman–Crippen LogP) is 3.26. The normalized spacial score (nSPS) is 11.4. The zero-order chi connectivity index (χ0) is 16.4. The lowest BCUT2D eigenvalue weighted by molar-refractivity contribution is -0.0498. The molecular formula is C16H23F2N3O. The fourth-order valence-electron chi connectivity index (χ4n) is 1.98. The molecule has 0 fully saturated rings. The van der Waals surface area contributed by atoms with Gasteiger partial charge < -0.3 is 15.0 Å². The summed E-state index contributed by atoms with van der Waals surface area (Å²) in [6.07, 6.45) is 3.84. The smallest absolute Gasteiger partial charge is 0.387 e. The van der Waals surface area contributed by atoms with Crippen LogP contribution in [0.3, 0.4) is 0 Å². The van der Waals surface area contributed by atoms with E-state index in [0.29, 0.717) is 6.54 Å². The molecule has 0 heterocycles. The number of nitrogens with one attached hydrogen (secondary N) is 1. The molecule has 0 unspecified atom stereocenters. The van der Waals surface area contributed by atoms with Crippen molar-refractivity contribution in [3.63, 3.8) is 0 Å². The summed E-state index contributed by atoms with van der Waals surface area (Å²) >= 11 is 0. The highest BCUT2D eigenvalue weighted by atomic mass is 19.3. The summed E-state index contributed by atoms with van der Waals surface area (Å²) in [5, 5.41) is 3.20. The monoisotopic (exact) mass is 311 g/mol. The van der Waals surface area contributed by atoms with Crippen molar-refractivity contribution in [1.29, 1.82) is 0 Å². The van der Waals surface area contributed by atoms with Crippen LogP contribution in [0.25, 0.3) is 0 Å². The summed E-state index contributed by atoms with van der Waals surface area (Å²) in [6, 6.07) is 6.62. The van der Waals surface area contributed by atoms with Crippen molar-refractivity contribution in [2.45, 2.75) is 26.0 Å². The summed E-state index contributed by atoms with van der Waals surface area (Å²) in [4.78, 5) is 6.22. The fraction of sp³-hybridized carbons (Fsp3) is 0.438. The minimum absolute atomic E-state index is 0.156. The molecule has 122 valence electrons. The number of nitrogens with zero attached hydrogens (tertiary/aromatic N) is 2. The lowest BCUT2D eigenvalue weighted by atomic mass is 10.2. The third-order valence-corrected chi connectivity index (χ3v) is 3.05. The van der Waals surface area contributed by atoms with E-state index in [1.54, 1.807) is 19.2 Å². The number of hydrogen-bond acceptors (Lipinski definition) is 2. The van der Waals surface area contributed by atoms with E-state index in [-0.39, 0.29) is 5.75 Å². The molecular weight excluding hydrogens is 288 g/mol. The van der Waals surface area contributed by atoms with Crippen LogP contribution < -0.4 is 10.1 Å². The van der Waals surface area contributed by atoms with Crippen LogP contribution >= 0.6 is 0 Å². The summed E-state index contributed by atoms with van der Waals surface area (Å²) in [7, 11) is 3.66. The van der Waals surface area contributed by atoms with Crippen molar-refractivity contribution in [3.05, 3.63) is 42.5 Å². The number of benzene rings is 1. The van der Waals surface area contributed by atoms with Crippen LogP contribution in [-0.4, -0.2) is 38.1 Å². The van der Waals surface area contributed by atoms with Crippen LogP contribution in [0.2, 0.25) is 0 Å². The number of halogens is 2. The Bertz CT molecular complexity index is 492. The Morgan fingerprint density at radius 3 is 2.91 bits per heavy atom. The lowest BCUT2D eigenvalue weighted by Crippen LogP contribution is -2.38. The molecule has 0 atom stereocenters. The number of hydrogen-bond donors (Lipinski definition) is 1. The zero-order valence-corrected chi connectivity index (χ0v) is 13.1. The minimum Gasteiger partial charge on any atom is -0.435 e. The minimum atomic E-state index is -2.81. The van der Waals surface area contributed by atoms with Crippen LogP contribution in [0.15, 0.2) is 41.9 Å². The number of ether oxygens (including phenoxy) is 1. The van der Waals surface area contributed by atoms with Gasteiger partial charge in [-0.1, -0.05) is 18.2 Å². The first kappa shape index (κ1) is 17.9. The van der Waals surface area contributed by atoms with Gasteiger partial charge in [0.2, 0.25) is 0 Å². The number of rotatable bonds is 8. The highest BCUT2D eigenvalue weighted by Crippen LogP contribution is 2.15. The van der Waals surface area contributed by atoms with Crippen LogP contribution in [0, 0.1) is 0 Å². The molecule has 0 aliphatic rings. The number of allylic oxidation sites excluding steroid dienone is 1. The van der Waals surface area contributed by atoms with Gasteiger partial charge in [-0.15, -0.1) is 6.58 Å². The average molecular weight is 311 g/mol. The molecule has 0 aliphatic carbocycles. The maximum Gasteiger partial charge on any atom is 0.387 e. The third kappa shape index (κ3) is 6.56. The van der Waals surface area contributed by atoms with Gasteiger partial charge >= 0.3 is 6.61 Å². The van der Waals surface area contributed by atoms with Crippen LogP contribution in [0.4, 0.5) is 8.78 Å². The second-order valence-electron chi connectivity index (χ2n) is 4.78. The van der Waals surface area contributed by atoms with E-state index in [0.717, 1.165) is 30.9 Å². The van der Waals surface area contributed by atoms with Gasteiger partial charge in [-0.25, -0.2) is 0 Å². The fourth-order valence-corrected chi connectivity index (χ4v) is 1.98.